The fourth-order valence-corrected chi connectivity index (χ4v) is 4.46. The molecule has 1 saturated heterocycles. The molecule has 26 heavy (non-hydrogen) atoms. The fraction of sp³-hybridized carbons (Fsp3) is 0.350. The van der Waals surface area contributed by atoms with Crippen LogP contribution in [0.4, 0.5) is 5.69 Å². The molecule has 3 atom stereocenters. The molecule has 4 rings (SSSR count). The average molecular weight is 369 g/mol. The molecule has 0 radical (unpaired) electrons. The number of benzene rings is 1. The number of anilines is 1. The van der Waals surface area contributed by atoms with Gasteiger partial charge in [-0.05, 0) is 60.9 Å². The monoisotopic (exact) mass is 369 g/mol. The van der Waals surface area contributed by atoms with Crippen molar-refractivity contribution in [3.8, 4) is 5.75 Å². The smallest absolute Gasteiger partial charge is 0.353 e. The summed E-state index contributed by atoms with van der Waals surface area (Å²) >= 11 is 1.31. The van der Waals surface area contributed by atoms with E-state index in [1.807, 2.05) is 5.38 Å². The van der Waals surface area contributed by atoms with Gasteiger partial charge in [-0.2, -0.15) is 0 Å². The van der Waals surface area contributed by atoms with Gasteiger partial charge in [0.15, 0.2) is 0 Å². The molecule has 1 aromatic carbocycles. The molecule has 1 aliphatic carbocycles. The van der Waals surface area contributed by atoms with Gasteiger partial charge in [0.25, 0.3) is 0 Å². The number of amides is 2. The number of thiophene rings is 1. The summed E-state index contributed by atoms with van der Waals surface area (Å²) in [5, 5.41) is 1.81. The summed E-state index contributed by atoms with van der Waals surface area (Å²) in [6.07, 6.45) is 2.55. The maximum atomic E-state index is 12.7. The van der Waals surface area contributed by atoms with E-state index >= 15 is 0 Å². The van der Waals surface area contributed by atoms with Gasteiger partial charge in [-0.1, -0.05) is 13.0 Å². The fourth-order valence-electron chi connectivity index (χ4n) is 3.86. The third kappa shape index (κ3) is 2.94. The molecule has 0 bridgehead atoms. The van der Waals surface area contributed by atoms with E-state index in [1.54, 1.807) is 36.4 Å². The minimum Gasteiger partial charge on any atom is -0.422 e. The Bertz CT molecular complexity index is 843. The number of carbonyl (C=O) groups excluding carboxylic acids is 3. The second kappa shape index (κ2) is 6.68. The van der Waals surface area contributed by atoms with Crippen LogP contribution in [-0.2, 0) is 9.59 Å². The second-order valence-electron chi connectivity index (χ2n) is 7.00. The second-order valence-corrected chi connectivity index (χ2v) is 7.95. The Kier molecular flexibility index (Phi) is 4.36. The Balaban J connectivity index is 1.51. The summed E-state index contributed by atoms with van der Waals surface area (Å²) in [4.78, 5) is 39.3. The van der Waals surface area contributed by atoms with Crippen LogP contribution in [0.15, 0.2) is 41.8 Å². The van der Waals surface area contributed by atoms with E-state index in [9.17, 15) is 14.4 Å². The zero-order valence-electron chi connectivity index (χ0n) is 14.4. The van der Waals surface area contributed by atoms with Crippen molar-refractivity contribution in [2.24, 2.45) is 17.8 Å². The summed E-state index contributed by atoms with van der Waals surface area (Å²) in [5.74, 6) is -0.131. The maximum absolute atomic E-state index is 12.7. The van der Waals surface area contributed by atoms with Gasteiger partial charge in [-0.3, -0.25) is 14.5 Å². The van der Waals surface area contributed by atoms with Gasteiger partial charge < -0.3 is 4.74 Å². The average Bonchev–Trinajstić information content (AvgIpc) is 3.24. The van der Waals surface area contributed by atoms with E-state index in [0.29, 0.717) is 22.2 Å². The summed E-state index contributed by atoms with van der Waals surface area (Å²) in [6, 6.07) is 10.0. The van der Waals surface area contributed by atoms with Gasteiger partial charge in [0.05, 0.1) is 17.5 Å². The lowest BCUT2D eigenvalue weighted by molar-refractivity contribution is -0.122. The van der Waals surface area contributed by atoms with Crippen LogP contribution in [0.2, 0.25) is 0 Å². The van der Waals surface area contributed by atoms with Crippen LogP contribution in [0.5, 0.6) is 5.75 Å². The van der Waals surface area contributed by atoms with E-state index < -0.39 is 5.97 Å². The van der Waals surface area contributed by atoms with E-state index in [-0.39, 0.29) is 23.7 Å². The van der Waals surface area contributed by atoms with E-state index in [4.69, 9.17) is 4.74 Å². The molecule has 2 heterocycles. The Morgan fingerprint density at radius 2 is 1.81 bits per heavy atom. The van der Waals surface area contributed by atoms with Crippen LogP contribution in [0.1, 0.15) is 35.9 Å². The van der Waals surface area contributed by atoms with Crippen LogP contribution in [0.25, 0.3) is 0 Å². The van der Waals surface area contributed by atoms with E-state index in [1.165, 1.54) is 16.2 Å². The molecular weight excluding hydrogens is 350 g/mol. The Morgan fingerprint density at radius 3 is 2.50 bits per heavy atom. The summed E-state index contributed by atoms with van der Waals surface area (Å²) in [7, 11) is 0. The zero-order valence-corrected chi connectivity index (χ0v) is 15.2. The van der Waals surface area contributed by atoms with Crippen molar-refractivity contribution in [1.82, 2.24) is 0 Å². The first-order valence-corrected chi connectivity index (χ1v) is 9.66. The number of esters is 1. The maximum Gasteiger partial charge on any atom is 0.353 e. The minimum atomic E-state index is -0.416. The molecule has 5 nitrogen and oxygen atoms in total. The van der Waals surface area contributed by atoms with Crippen molar-refractivity contribution in [2.75, 3.05) is 4.90 Å². The van der Waals surface area contributed by atoms with Gasteiger partial charge in [0.1, 0.15) is 10.6 Å². The highest BCUT2D eigenvalue weighted by atomic mass is 32.1. The van der Waals surface area contributed by atoms with Crippen molar-refractivity contribution in [1.29, 1.82) is 0 Å². The SMILES string of the molecule is C[C@H]1CC[C@H]2C(=O)N(c3ccc(OC(=O)c4cccs4)cc3)C(=O)[C@@H]2C1. The Labute approximate surface area is 155 Å². The summed E-state index contributed by atoms with van der Waals surface area (Å²) in [6.45, 7) is 2.13. The molecule has 134 valence electrons. The molecule has 2 aliphatic rings. The molecule has 6 heteroatoms. The van der Waals surface area contributed by atoms with Gasteiger partial charge in [0.2, 0.25) is 11.8 Å². The van der Waals surface area contributed by atoms with Crippen LogP contribution in [0, 0.1) is 17.8 Å². The first-order chi connectivity index (χ1) is 12.5. The molecule has 2 aromatic rings. The predicted octanol–water partition coefficient (Wildman–Crippen LogP) is 3.89. The van der Waals surface area contributed by atoms with Crippen molar-refractivity contribution in [3.05, 3.63) is 46.7 Å². The first kappa shape index (κ1) is 17.0. The molecule has 1 aromatic heterocycles. The number of hydrogen-bond acceptors (Lipinski definition) is 5. The quantitative estimate of drug-likeness (QED) is 0.468. The summed E-state index contributed by atoms with van der Waals surface area (Å²) < 4.78 is 5.32. The number of carbonyl (C=O) groups is 3. The topological polar surface area (TPSA) is 63.7 Å². The van der Waals surface area contributed by atoms with Crippen molar-refractivity contribution in [2.45, 2.75) is 26.2 Å². The molecule has 2 amide bonds. The predicted molar refractivity (Wildman–Crippen MR) is 98.2 cm³/mol. The number of fused-ring (bicyclic) bond motifs is 1. The van der Waals surface area contributed by atoms with Crippen molar-refractivity contribution >= 4 is 34.8 Å². The highest BCUT2D eigenvalue weighted by Crippen LogP contribution is 2.42. The zero-order chi connectivity index (χ0) is 18.3. The number of imide groups is 1. The molecule has 0 spiro atoms. The third-order valence-corrected chi connectivity index (χ3v) is 6.07. The van der Waals surface area contributed by atoms with Crippen LogP contribution < -0.4 is 9.64 Å². The molecule has 1 saturated carbocycles. The normalized spacial score (nSPS) is 25.3. The number of ether oxygens (including phenoxy) is 1. The van der Waals surface area contributed by atoms with Gasteiger partial charge in [-0.25, -0.2) is 4.79 Å². The van der Waals surface area contributed by atoms with Crippen LogP contribution in [0.3, 0.4) is 0 Å². The van der Waals surface area contributed by atoms with Crippen LogP contribution >= 0.6 is 11.3 Å². The van der Waals surface area contributed by atoms with Gasteiger partial charge in [0, 0.05) is 0 Å². The standard InChI is InChI=1S/C20H19NO4S/c1-12-4-9-15-16(11-12)19(23)21(18(15)22)13-5-7-14(8-6-13)25-20(24)17-3-2-10-26-17/h2-3,5-8,10,12,15-16H,4,9,11H2,1H3/t12-,15+,16+/m0/s1. The molecule has 1 aliphatic heterocycles. The first-order valence-electron chi connectivity index (χ1n) is 8.78. The largest absolute Gasteiger partial charge is 0.422 e. The molecule has 0 N–H and O–H groups in total. The van der Waals surface area contributed by atoms with Crippen LogP contribution in [-0.4, -0.2) is 17.8 Å². The number of hydrogen-bond donors (Lipinski definition) is 0. The van der Waals surface area contributed by atoms with Gasteiger partial charge in [-0.15, -0.1) is 11.3 Å². The lowest BCUT2D eigenvalue weighted by Crippen LogP contribution is -2.30. The van der Waals surface area contributed by atoms with E-state index in [0.717, 1.165) is 19.3 Å². The molecule has 2 fully saturated rings. The molecular formula is C20H19NO4S. The van der Waals surface area contributed by atoms with E-state index in [2.05, 4.69) is 6.92 Å². The number of nitrogens with zero attached hydrogens (tertiary/aromatic N) is 1. The molecule has 0 unspecified atom stereocenters. The number of rotatable bonds is 3. The van der Waals surface area contributed by atoms with Crippen molar-refractivity contribution < 1.29 is 19.1 Å². The minimum absolute atomic E-state index is 0.102. The summed E-state index contributed by atoms with van der Waals surface area (Å²) in [5.41, 5.74) is 0.540. The Hall–Kier alpha value is -2.47. The lowest BCUT2D eigenvalue weighted by Gasteiger charge is -2.25. The Morgan fingerprint density at radius 1 is 1.08 bits per heavy atom. The highest BCUT2D eigenvalue weighted by molar-refractivity contribution is 7.12. The third-order valence-electron chi connectivity index (χ3n) is 5.22. The lowest BCUT2D eigenvalue weighted by atomic mass is 9.76. The highest BCUT2D eigenvalue weighted by Gasteiger charge is 2.49. The van der Waals surface area contributed by atoms with Crippen molar-refractivity contribution in [3.63, 3.8) is 0 Å². The van der Waals surface area contributed by atoms with Gasteiger partial charge >= 0.3 is 5.97 Å².